The molecule has 0 radical (unpaired) electrons. The molecule has 0 unspecified atom stereocenters. The highest BCUT2D eigenvalue weighted by Gasteiger charge is 2.18. The first-order valence-corrected chi connectivity index (χ1v) is 9.80. The van der Waals surface area contributed by atoms with E-state index in [4.69, 9.17) is 25.8 Å². The molecule has 0 amide bonds. The van der Waals surface area contributed by atoms with Crippen molar-refractivity contribution >= 4 is 23.2 Å². The molecule has 3 heterocycles. The van der Waals surface area contributed by atoms with Crippen molar-refractivity contribution in [2.75, 3.05) is 6.79 Å². The van der Waals surface area contributed by atoms with Crippen molar-refractivity contribution in [2.24, 2.45) is 0 Å². The van der Waals surface area contributed by atoms with Crippen molar-refractivity contribution in [2.45, 2.75) is 46.8 Å². The summed E-state index contributed by atoms with van der Waals surface area (Å²) in [6, 6.07) is 5.50. The molecule has 0 fully saturated rings. The van der Waals surface area contributed by atoms with Crippen LogP contribution in [0.2, 0.25) is 5.02 Å². The average Bonchev–Trinajstić information content (AvgIpc) is 3.06. The van der Waals surface area contributed by atoms with Gasteiger partial charge >= 0.3 is 5.97 Å². The summed E-state index contributed by atoms with van der Waals surface area (Å²) in [7, 11) is 0. The SMILES string of the molecule is Cc1cc2nc(C)c(CCC(=O)OCc3cc(Cl)cc4c3OCOC4)c(C)n2n1. The van der Waals surface area contributed by atoms with Crippen LogP contribution in [0.15, 0.2) is 18.2 Å². The Bertz CT molecular complexity index is 1090. The molecular weight excluding hydrogens is 394 g/mol. The monoisotopic (exact) mass is 415 g/mol. The summed E-state index contributed by atoms with van der Waals surface area (Å²) in [5.41, 5.74) is 6.23. The first-order chi connectivity index (χ1) is 13.9. The third-order valence-electron chi connectivity index (χ3n) is 5.01. The lowest BCUT2D eigenvalue weighted by molar-refractivity contribution is -0.145. The minimum Gasteiger partial charge on any atom is -0.467 e. The number of ether oxygens (including phenoxy) is 3. The summed E-state index contributed by atoms with van der Waals surface area (Å²) in [5, 5.41) is 5.03. The first kappa shape index (κ1) is 19.7. The van der Waals surface area contributed by atoms with Gasteiger partial charge in [-0.2, -0.15) is 5.10 Å². The van der Waals surface area contributed by atoms with Gasteiger partial charge in [-0.1, -0.05) is 11.6 Å². The third kappa shape index (κ3) is 4.06. The van der Waals surface area contributed by atoms with Crippen molar-refractivity contribution in [1.29, 1.82) is 0 Å². The van der Waals surface area contributed by atoms with Crippen LogP contribution in [0.1, 0.15) is 40.2 Å². The summed E-state index contributed by atoms with van der Waals surface area (Å²) < 4.78 is 18.1. The number of halogens is 1. The maximum absolute atomic E-state index is 12.4. The number of rotatable bonds is 5. The second-order valence-electron chi connectivity index (χ2n) is 7.14. The van der Waals surface area contributed by atoms with Crippen LogP contribution in [-0.4, -0.2) is 27.4 Å². The molecule has 152 valence electrons. The van der Waals surface area contributed by atoms with E-state index in [9.17, 15) is 4.79 Å². The molecule has 4 rings (SSSR count). The lowest BCUT2D eigenvalue weighted by Gasteiger charge is -2.21. The Morgan fingerprint density at radius 1 is 1.28 bits per heavy atom. The van der Waals surface area contributed by atoms with E-state index in [1.807, 2.05) is 31.4 Å². The second kappa shape index (κ2) is 8.00. The molecular formula is C21H22ClN3O4. The number of fused-ring (bicyclic) bond motifs is 2. The van der Waals surface area contributed by atoms with Crippen LogP contribution in [0.5, 0.6) is 5.75 Å². The van der Waals surface area contributed by atoms with E-state index in [2.05, 4.69) is 10.1 Å². The predicted octanol–water partition coefficient (Wildman–Crippen LogP) is 3.85. The molecule has 7 nitrogen and oxygen atoms in total. The molecule has 0 saturated heterocycles. The van der Waals surface area contributed by atoms with Crippen LogP contribution in [0.3, 0.4) is 0 Å². The molecule has 1 aliphatic rings. The molecule has 3 aromatic rings. The topological polar surface area (TPSA) is 75.0 Å². The number of aromatic nitrogens is 3. The van der Waals surface area contributed by atoms with E-state index in [0.717, 1.165) is 39.4 Å². The lowest BCUT2D eigenvalue weighted by atomic mass is 10.1. The molecule has 8 heteroatoms. The maximum Gasteiger partial charge on any atom is 0.306 e. The fourth-order valence-corrected chi connectivity index (χ4v) is 3.89. The zero-order chi connectivity index (χ0) is 20.5. The Balaban J connectivity index is 1.43. The molecule has 0 N–H and O–H groups in total. The van der Waals surface area contributed by atoms with Crippen LogP contribution >= 0.6 is 11.6 Å². The van der Waals surface area contributed by atoms with E-state index < -0.39 is 0 Å². The molecule has 1 aromatic carbocycles. The lowest BCUT2D eigenvalue weighted by Crippen LogP contribution is -2.15. The van der Waals surface area contributed by atoms with Crippen molar-refractivity contribution < 1.29 is 19.0 Å². The summed E-state index contributed by atoms with van der Waals surface area (Å²) in [6.45, 7) is 6.59. The van der Waals surface area contributed by atoms with Crippen molar-refractivity contribution in [1.82, 2.24) is 14.6 Å². The summed E-state index contributed by atoms with van der Waals surface area (Å²) in [6.07, 6.45) is 0.790. The number of carbonyl (C=O) groups is 1. The van der Waals surface area contributed by atoms with Crippen LogP contribution in [-0.2, 0) is 33.9 Å². The van der Waals surface area contributed by atoms with Gasteiger partial charge in [0.2, 0.25) is 0 Å². The number of benzene rings is 1. The number of nitrogens with zero attached hydrogens (tertiary/aromatic N) is 3. The minimum absolute atomic E-state index is 0.106. The molecule has 2 aromatic heterocycles. The van der Waals surface area contributed by atoms with Gasteiger partial charge in [-0.25, -0.2) is 9.50 Å². The molecule has 0 aliphatic carbocycles. The fraction of sp³-hybridized carbons (Fsp3) is 0.381. The smallest absolute Gasteiger partial charge is 0.306 e. The van der Waals surface area contributed by atoms with Gasteiger partial charge in [-0.3, -0.25) is 4.79 Å². The molecule has 1 aliphatic heterocycles. The van der Waals surface area contributed by atoms with E-state index in [1.54, 1.807) is 12.1 Å². The quantitative estimate of drug-likeness (QED) is 0.589. The van der Waals surface area contributed by atoms with Crippen molar-refractivity contribution in [3.05, 3.63) is 57.0 Å². The Hall–Kier alpha value is -2.64. The van der Waals surface area contributed by atoms with Gasteiger partial charge in [-0.15, -0.1) is 0 Å². The van der Waals surface area contributed by atoms with Gasteiger partial charge in [0.15, 0.2) is 12.4 Å². The fourth-order valence-electron chi connectivity index (χ4n) is 3.62. The van der Waals surface area contributed by atoms with E-state index in [1.165, 1.54) is 0 Å². The van der Waals surface area contributed by atoms with Gasteiger partial charge in [0.05, 0.1) is 12.3 Å². The summed E-state index contributed by atoms with van der Waals surface area (Å²) >= 11 is 6.16. The largest absolute Gasteiger partial charge is 0.467 e. The van der Waals surface area contributed by atoms with Crippen LogP contribution in [0.4, 0.5) is 0 Å². The van der Waals surface area contributed by atoms with Gasteiger partial charge in [0.25, 0.3) is 0 Å². The molecule has 29 heavy (non-hydrogen) atoms. The third-order valence-corrected chi connectivity index (χ3v) is 5.22. The van der Waals surface area contributed by atoms with Crippen molar-refractivity contribution in [3.8, 4) is 5.75 Å². The number of hydrogen-bond donors (Lipinski definition) is 0. The molecule has 0 bridgehead atoms. The number of esters is 1. The Labute approximate surface area is 173 Å². The highest BCUT2D eigenvalue weighted by Crippen LogP contribution is 2.32. The average molecular weight is 416 g/mol. The standard InChI is InChI=1S/C21H22ClN3O4/c1-12-6-19-23-13(2)18(14(3)25(19)24-12)4-5-20(26)28-10-16-8-17(22)7-15-9-27-11-29-21(15)16/h6-8H,4-5,9-11H2,1-3H3. The normalized spacial score (nSPS) is 13.2. The summed E-state index contributed by atoms with van der Waals surface area (Å²) in [5.74, 6) is 0.394. The highest BCUT2D eigenvalue weighted by atomic mass is 35.5. The highest BCUT2D eigenvalue weighted by molar-refractivity contribution is 6.30. The van der Waals surface area contributed by atoms with E-state index in [-0.39, 0.29) is 25.8 Å². The molecule has 0 atom stereocenters. The van der Waals surface area contributed by atoms with E-state index >= 15 is 0 Å². The Kier molecular flexibility index (Phi) is 5.43. The zero-order valence-corrected chi connectivity index (χ0v) is 17.4. The van der Waals surface area contributed by atoms with Gasteiger partial charge in [0.1, 0.15) is 12.4 Å². The van der Waals surface area contributed by atoms with Gasteiger partial charge in [-0.05, 0) is 44.9 Å². The van der Waals surface area contributed by atoms with E-state index in [0.29, 0.717) is 23.8 Å². The van der Waals surface area contributed by atoms with Gasteiger partial charge < -0.3 is 14.2 Å². The van der Waals surface area contributed by atoms with Crippen molar-refractivity contribution in [3.63, 3.8) is 0 Å². The number of carbonyl (C=O) groups excluding carboxylic acids is 1. The molecule has 0 saturated carbocycles. The van der Waals surface area contributed by atoms with Gasteiger partial charge in [0, 0.05) is 40.0 Å². The second-order valence-corrected chi connectivity index (χ2v) is 7.58. The zero-order valence-electron chi connectivity index (χ0n) is 16.6. The minimum atomic E-state index is -0.290. The first-order valence-electron chi connectivity index (χ1n) is 9.42. The predicted molar refractivity (Wildman–Crippen MR) is 107 cm³/mol. The Morgan fingerprint density at radius 2 is 2.10 bits per heavy atom. The van der Waals surface area contributed by atoms with Crippen LogP contribution < -0.4 is 4.74 Å². The van der Waals surface area contributed by atoms with Crippen LogP contribution in [0, 0.1) is 20.8 Å². The number of hydrogen-bond acceptors (Lipinski definition) is 6. The molecule has 0 spiro atoms. The van der Waals surface area contributed by atoms with Crippen LogP contribution in [0.25, 0.3) is 5.65 Å². The Morgan fingerprint density at radius 3 is 2.93 bits per heavy atom. The number of aryl methyl sites for hydroxylation is 3. The summed E-state index contributed by atoms with van der Waals surface area (Å²) in [4.78, 5) is 17.0. The maximum atomic E-state index is 12.4.